The second kappa shape index (κ2) is 51.0. The predicted molar refractivity (Wildman–Crippen MR) is 293 cm³/mol. The molecular weight excluding hydrogens is 861 g/mol. The highest BCUT2D eigenvalue weighted by atomic mass is 16.6. The quantitative estimate of drug-likeness (QED) is 0.0365. The molecule has 1 N–H and O–H groups in total. The fourth-order valence-corrected chi connectivity index (χ4v) is 9.59. The van der Waals surface area contributed by atoms with Crippen LogP contribution in [0.5, 0.6) is 0 Å². The number of carbonyl (C=O) groups is 3. The number of amides is 1. The minimum atomic E-state index is -0.218. The molecule has 0 aliphatic rings. The van der Waals surface area contributed by atoms with Crippen molar-refractivity contribution in [3.63, 3.8) is 0 Å². The lowest BCUT2D eigenvalue weighted by Gasteiger charge is -2.26. The smallest absolute Gasteiger partial charge is 0.410 e. The van der Waals surface area contributed by atoms with E-state index < -0.39 is 0 Å². The van der Waals surface area contributed by atoms with Crippen LogP contribution in [-0.2, 0) is 23.8 Å². The number of aliphatic hydroxyl groups is 1. The SMILES string of the molecule is CCCCCCC(CCCCCC)OC(=O)CCCCCCCCC(CCCCCCCCC(=O)OC(CCCCCC)CCCCCC)OC(=O)N(CCCCCC(O)CCC)CCCN(C)C. The number of rotatable bonds is 53. The lowest BCUT2D eigenvalue weighted by atomic mass is 10.0. The number of aliphatic hydroxyl groups excluding tert-OH is 1. The third-order valence-electron chi connectivity index (χ3n) is 14.1. The molecule has 0 saturated carbocycles. The average Bonchev–Trinajstić information content (AvgIpc) is 3.32. The Morgan fingerprint density at radius 2 is 0.667 bits per heavy atom. The summed E-state index contributed by atoms with van der Waals surface area (Å²) in [5, 5.41) is 10.2. The average molecular weight is 980 g/mol. The summed E-state index contributed by atoms with van der Waals surface area (Å²) in [6.45, 7) is 13.4. The standard InChI is InChI=1S/C60H118N2O7/c1-8-13-17-31-43-55(44-32-18-14-9-2)67-58(64)49-37-27-23-21-25-35-47-57(69-60(66)62(53-40-51-61(6)7)52-39-29-30-42-54(63)41-12-5)48-36-26-22-24-28-38-50-59(65)68-56(45-33-19-15-10-3)46-34-20-16-11-4/h54-57,63H,8-53H2,1-7H3. The minimum Gasteiger partial charge on any atom is -0.462 e. The van der Waals surface area contributed by atoms with Crippen molar-refractivity contribution in [2.45, 2.75) is 335 Å². The first-order valence-electron chi connectivity index (χ1n) is 30.3. The Labute approximate surface area is 428 Å². The van der Waals surface area contributed by atoms with Crippen LogP contribution in [0.3, 0.4) is 0 Å². The van der Waals surface area contributed by atoms with Crippen LogP contribution in [0.2, 0.25) is 0 Å². The van der Waals surface area contributed by atoms with Gasteiger partial charge in [0.1, 0.15) is 18.3 Å². The minimum absolute atomic E-state index is 0.0119. The van der Waals surface area contributed by atoms with Crippen LogP contribution < -0.4 is 0 Å². The molecule has 0 saturated heterocycles. The second-order valence-corrected chi connectivity index (χ2v) is 21.4. The molecule has 0 rings (SSSR count). The summed E-state index contributed by atoms with van der Waals surface area (Å²) in [5.41, 5.74) is 0. The van der Waals surface area contributed by atoms with E-state index in [4.69, 9.17) is 14.2 Å². The van der Waals surface area contributed by atoms with Crippen LogP contribution in [0.15, 0.2) is 0 Å². The first-order valence-corrected chi connectivity index (χ1v) is 30.3. The Kier molecular flexibility index (Phi) is 49.7. The second-order valence-electron chi connectivity index (χ2n) is 21.4. The molecule has 0 aliphatic heterocycles. The summed E-state index contributed by atoms with van der Waals surface area (Å²) in [4.78, 5) is 43.6. The molecule has 0 heterocycles. The van der Waals surface area contributed by atoms with Crippen molar-refractivity contribution >= 4 is 18.0 Å². The van der Waals surface area contributed by atoms with Crippen LogP contribution >= 0.6 is 0 Å². The number of hydrogen-bond acceptors (Lipinski definition) is 8. The number of unbranched alkanes of at least 4 members (excludes halogenated alkanes) is 24. The molecule has 9 nitrogen and oxygen atoms in total. The highest BCUT2D eigenvalue weighted by molar-refractivity contribution is 5.70. The molecule has 9 heteroatoms. The van der Waals surface area contributed by atoms with Crippen molar-refractivity contribution in [1.82, 2.24) is 9.80 Å². The molecule has 0 fully saturated rings. The van der Waals surface area contributed by atoms with Crippen molar-refractivity contribution in [2.75, 3.05) is 33.7 Å². The van der Waals surface area contributed by atoms with Crippen LogP contribution in [0.25, 0.3) is 0 Å². The van der Waals surface area contributed by atoms with Gasteiger partial charge in [0.05, 0.1) is 6.10 Å². The predicted octanol–water partition coefficient (Wildman–Crippen LogP) is 17.4. The maximum atomic E-state index is 13.8. The van der Waals surface area contributed by atoms with Crippen LogP contribution in [0, 0.1) is 0 Å². The van der Waals surface area contributed by atoms with E-state index in [1.54, 1.807) is 0 Å². The Hall–Kier alpha value is -1.87. The zero-order chi connectivity index (χ0) is 50.8. The number of hydrogen-bond donors (Lipinski definition) is 1. The van der Waals surface area contributed by atoms with Gasteiger partial charge in [-0.25, -0.2) is 4.79 Å². The van der Waals surface area contributed by atoms with Gasteiger partial charge in [-0.15, -0.1) is 0 Å². The molecule has 0 radical (unpaired) electrons. The maximum Gasteiger partial charge on any atom is 0.410 e. The molecule has 1 amide bonds. The summed E-state index contributed by atoms with van der Waals surface area (Å²) >= 11 is 0. The van der Waals surface area contributed by atoms with Gasteiger partial charge in [-0.05, 0) is 136 Å². The first-order chi connectivity index (χ1) is 33.6. The van der Waals surface area contributed by atoms with Gasteiger partial charge in [0, 0.05) is 25.9 Å². The highest BCUT2D eigenvalue weighted by Crippen LogP contribution is 2.22. The summed E-state index contributed by atoms with van der Waals surface area (Å²) in [6, 6.07) is 0. The van der Waals surface area contributed by atoms with Gasteiger partial charge in [-0.2, -0.15) is 0 Å². The molecule has 0 aromatic rings. The fourth-order valence-electron chi connectivity index (χ4n) is 9.59. The van der Waals surface area contributed by atoms with Crippen LogP contribution in [0.1, 0.15) is 311 Å². The zero-order valence-electron chi connectivity index (χ0n) is 47.1. The normalized spacial score (nSPS) is 12.2. The topological polar surface area (TPSA) is 106 Å². The van der Waals surface area contributed by atoms with Gasteiger partial charge < -0.3 is 29.1 Å². The number of nitrogens with zero attached hydrogens (tertiary/aromatic N) is 2. The number of esters is 2. The molecule has 1 unspecified atom stereocenters. The molecule has 0 spiro atoms. The Morgan fingerprint density at radius 3 is 1.04 bits per heavy atom. The first kappa shape index (κ1) is 67.1. The number of carbonyl (C=O) groups excluding carboxylic acids is 3. The van der Waals surface area contributed by atoms with Crippen molar-refractivity contribution in [1.29, 1.82) is 0 Å². The highest BCUT2D eigenvalue weighted by Gasteiger charge is 2.21. The van der Waals surface area contributed by atoms with Crippen LogP contribution in [0.4, 0.5) is 4.79 Å². The summed E-state index contributed by atoms with van der Waals surface area (Å²) < 4.78 is 18.4. The van der Waals surface area contributed by atoms with E-state index in [1.807, 2.05) is 4.90 Å². The van der Waals surface area contributed by atoms with Gasteiger partial charge >= 0.3 is 18.0 Å². The third kappa shape index (κ3) is 45.7. The molecule has 0 aromatic heterocycles. The molecule has 0 aliphatic carbocycles. The van der Waals surface area contributed by atoms with E-state index >= 15 is 0 Å². The van der Waals surface area contributed by atoms with E-state index in [-0.39, 0.29) is 42.4 Å². The van der Waals surface area contributed by atoms with Gasteiger partial charge in [-0.3, -0.25) is 9.59 Å². The monoisotopic (exact) mass is 979 g/mol. The largest absolute Gasteiger partial charge is 0.462 e. The summed E-state index contributed by atoms with van der Waals surface area (Å²) in [7, 11) is 4.15. The summed E-state index contributed by atoms with van der Waals surface area (Å²) in [5.74, 6) is -0.0238. The molecule has 0 bridgehead atoms. The zero-order valence-corrected chi connectivity index (χ0v) is 47.1. The Bertz CT molecular complexity index is 1040. The summed E-state index contributed by atoms with van der Waals surface area (Å²) in [6.07, 6.45) is 45.1. The van der Waals surface area contributed by atoms with Gasteiger partial charge in [0.25, 0.3) is 0 Å². The van der Waals surface area contributed by atoms with E-state index in [0.29, 0.717) is 25.9 Å². The molecule has 69 heavy (non-hydrogen) atoms. The number of ether oxygens (including phenoxy) is 3. The van der Waals surface area contributed by atoms with Crippen molar-refractivity contribution in [3.8, 4) is 0 Å². The van der Waals surface area contributed by atoms with Gasteiger partial charge in [-0.1, -0.05) is 182 Å². The van der Waals surface area contributed by atoms with E-state index in [0.717, 1.165) is 193 Å². The van der Waals surface area contributed by atoms with Crippen molar-refractivity contribution < 1.29 is 33.7 Å². The Balaban J connectivity index is 5.11. The lowest BCUT2D eigenvalue weighted by Crippen LogP contribution is -2.37. The van der Waals surface area contributed by atoms with E-state index in [1.165, 1.54) is 77.0 Å². The molecule has 410 valence electrons. The van der Waals surface area contributed by atoms with E-state index in [9.17, 15) is 19.5 Å². The fraction of sp³-hybridized carbons (Fsp3) is 0.950. The molecular formula is C60H118N2O7. The Morgan fingerprint density at radius 1 is 0.348 bits per heavy atom. The van der Waals surface area contributed by atoms with Crippen molar-refractivity contribution in [2.24, 2.45) is 0 Å². The third-order valence-corrected chi connectivity index (χ3v) is 14.1. The maximum absolute atomic E-state index is 13.8. The van der Waals surface area contributed by atoms with Crippen molar-refractivity contribution in [3.05, 3.63) is 0 Å². The van der Waals surface area contributed by atoms with Crippen LogP contribution in [-0.4, -0.2) is 91.1 Å². The van der Waals surface area contributed by atoms with E-state index in [2.05, 4.69) is 53.6 Å². The molecule has 1 atom stereocenters. The van der Waals surface area contributed by atoms with Gasteiger partial charge in [0.15, 0.2) is 0 Å². The molecule has 0 aromatic carbocycles. The lowest BCUT2D eigenvalue weighted by molar-refractivity contribution is -0.151. The van der Waals surface area contributed by atoms with Gasteiger partial charge in [0.2, 0.25) is 0 Å².